The maximum atomic E-state index is 13.7. The summed E-state index contributed by atoms with van der Waals surface area (Å²) in [5.41, 5.74) is 1.26. The first-order chi connectivity index (χ1) is 17.0. The molecule has 0 spiro atoms. The van der Waals surface area contributed by atoms with Crippen LogP contribution in [0.1, 0.15) is 54.9 Å². The van der Waals surface area contributed by atoms with E-state index in [0.717, 1.165) is 31.2 Å². The van der Waals surface area contributed by atoms with Crippen LogP contribution < -0.4 is 4.74 Å². The van der Waals surface area contributed by atoms with Gasteiger partial charge in [-0.2, -0.15) is 0 Å². The Bertz CT molecular complexity index is 1190. The zero-order chi connectivity index (χ0) is 24.3. The highest BCUT2D eigenvalue weighted by molar-refractivity contribution is 5.95. The lowest BCUT2D eigenvalue weighted by Crippen LogP contribution is -2.58. The van der Waals surface area contributed by atoms with Crippen LogP contribution in [0.5, 0.6) is 11.8 Å². The molecule has 35 heavy (non-hydrogen) atoms. The van der Waals surface area contributed by atoms with Crippen molar-refractivity contribution in [1.82, 2.24) is 19.8 Å². The number of hydrogen-bond acceptors (Lipinski definition) is 5. The van der Waals surface area contributed by atoms with Gasteiger partial charge in [0.05, 0.1) is 11.6 Å². The highest BCUT2D eigenvalue weighted by atomic mass is 16.5. The summed E-state index contributed by atoms with van der Waals surface area (Å²) in [5, 5.41) is 0. The molecule has 0 bridgehead atoms. The van der Waals surface area contributed by atoms with Gasteiger partial charge in [0.2, 0.25) is 5.91 Å². The van der Waals surface area contributed by atoms with Gasteiger partial charge in [-0.25, -0.2) is 9.97 Å². The van der Waals surface area contributed by atoms with E-state index in [2.05, 4.69) is 29.0 Å². The molecule has 2 saturated heterocycles. The molecule has 3 aromatic rings. The third kappa shape index (κ3) is 4.76. The molecule has 2 atom stereocenters. The van der Waals surface area contributed by atoms with Crippen LogP contribution in [0.3, 0.4) is 0 Å². The summed E-state index contributed by atoms with van der Waals surface area (Å²) in [5.74, 6) is 0.655. The van der Waals surface area contributed by atoms with Crippen LogP contribution in [-0.2, 0) is 11.3 Å². The van der Waals surface area contributed by atoms with Crippen LogP contribution in [0.4, 0.5) is 0 Å². The number of ether oxygens (including phenoxy) is 1. The fourth-order valence-electron chi connectivity index (χ4n) is 5.40. The number of likely N-dealkylation sites (tertiary alicyclic amines) is 2. The van der Waals surface area contributed by atoms with E-state index in [1.54, 1.807) is 30.6 Å². The molecule has 2 aromatic carbocycles. The van der Waals surface area contributed by atoms with E-state index in [1.807, 2.05) is 40.1 Å². The molecule has 2 amide bonds. The summed E-state index contributed by atoms with van der Waals surface area (Å²) in [6.45, 7) is 3.34. The second-order valence-electron chi connectivity index (χ2n) is 9.49. The molecular formula is C28H30N4O3. The summed E-state index contributed by atoms with van der Waals surface area (Å²) in [6.07, 6.45) is 7.20. The van der Waals surface area contributed by atoms with Crippen molar-refractivity contribution < 1.29 is 14.3 Å². The monoisotopic (exact) mass is 470 g/mol. The Labute approximate surface area is 205 Å². The standard InChI is InChI=1S/C28H30N4O3/c1-28-15-18-31(26(34)22-11-7-12-23(19-22)35-27-29-16-8-17-30-27)24(28)13-5-6-14-25(33)32(28)20-21-9-3-2-4-10-21/h2-4,7-12,16-17,19,24H,5-6,13-15,18,20H2,1H3/t24-,28-/m0/s1. The predicted octanol–water partition coefficient (Wildman–Crippen LogP) is 4.84. The first kappa shape index (κ1) is 23.0. The quantitative estimate of drug-likeness (QED) is 0.533. The van der Waals surface area contributed by atoms with Gasteiger partial charge in [-0.05, 0) is 56.0 Å². The van der Waals surface area contributed by atoms with Crippen molar-refractivity contribution in [3.05, 3.63) is 84.2 Å². The molecule has 0 radical (unpaired) electrons. The Hall–Kier alpha value is -3.74. The largest absolute Gasteiger partial charge is 0.424 e. The maximum Gasteiger partial charge on any atom is 0.321 e. The summed E-state index contributed by atoms with van der Waals surface area (Å²) < 4.78 is 5.75. The minimum Gasteiger partial charge on any atom is -0.424 e. The van der Waals surface area contributed by atoms with Crippen molar-refractivity contribution in [2.45, 2.75) is 57.2 Å². The van der Waals surface area contributed by atoms with E-state index >= 15 is 0 Å². The smallest absolute Gasteiger partial charge is 0.321 e. The fraction of sp³-hybridized carbons (Fsp3) is 0.357. The summed E-state index contributed by atoms with van der Waals surface area (Å²) >= 11 is 0. The van der Waals surface area contributed by atoms with E-state index in [-0.39, 0.29) is 23.9 Å². The second kappa shape index (κ2) is 9.86. The lowest BCUT2D eigenvalue weighted by molar-refractivity contribution is -0.140. The SMILES string of the molecule is C[C@]12CCN(C(=O)c3cccc(Oc4ncccn4)c3)[C@H]1CCCCC(=O)N2Cc1ccccc1. The molecule has 0 N–H and O–H groups in total. The van der Waals surface area contributed by atoms with E-state index < -0.39 is 5.54 Å². The van der Waals surface area contributed by atoms with Crippen LogP contribution in [0.2, 0.25) is 0 Å². The Morgan fingerprint density at radius 3 is 2.66 bits per heavy atom. The Morgan fingerprint density at radius 1 is 1.06 bits per heavy atom. The topological polar surface area (TPSA) is 75.6 Å². The van der Waals surface area contributed by atoms with Gasteiger partial charge in [-0.3, -0.25) is 9.59 Å². The number of amides is 2. The molecule has 180 valence electrons. The predicted molar refractivity (Wildman–Crippen MR) is 132 cm³/mol. The van der Waals surface area contributed by atoms with Crippen LogP contribution in [0, 0.1) is 0 Å². The number of carbonyl (C=O) groups is 2. The van der Waals surface area contributed by atoms with Gasteiger partial charge in [0, 0.05) is 37.5 Å². The molecular weight excluding hydrogens is 440 g/mol. The number of rotatable bonds is 5. The summed E-state index contributed by atoms with van der Waals surface area (Å²) in [7, 11) is 0. The molecule has 0 aliphatic carbocycles. The molecule has 2 aliphatic rings. The van der Waals surface area contributed by atoms with E-state index in [0.29, 0.717) is 30.8 Å². The van der Waals surface area contributed by atoms with Gasteiger partial charge in [0.1, 0.15) is 5.75 Å². The first-order valence-electron chi connectivity index (χ1n) is 12.2. The zero-order valence-electron chi connectivity index (χ0n) is 20.0. The molecule has 2 aliphatic heterocycles. The van der Waals surface area contributed by atoms with Crippen LogP contribution in [0.15, 0.2) is 73.1 Å². The van der Waals surface area contributed by atoms with Gasteiger partial charge in [-0.15, -0.1) is 0 Å². The van der Waals surface area contributed by atoms with Crippen molar-refractivity contribution in [1.29, 1.82) is 0 Å². The maximum absolute atomic E-state index is 13.7. The van der Waals surface area contributed by atoms with Gasteiger partial charge in [-0.1, -0.05) is 42.8 Å². The number of benzene rings is 2. The zero-order valence-corrected chi connectivity index (χ0v) is 20.0. The Kier molecular flexibility index (Phi) is 6.49. The summed E-state index contributed by atoms with van der Waals surface area (Å²) in [4.78, 5) is 39.2. The van der Waals surface area contributed by atoms with Crippen LogP contribution in [-0.4, -0.2) is 49.7 Å². The van der Waals surface area contributed by atoms with Crippen molar-refractivity contribution in [2.24, 2.45) is 0 Å². The van der Waals surface area contributed by atoms with Gasteiger partial charge < -0.3 is 14.5 Å². The Morgan fingerprint density at radius 2 is 1.86 bits per heavy atom. The molecule has 0 saturated carbocycles. The molecule has 0 unspecified atom stereocenters. The third-order valence-electron chi connectivity index (χ3n) is 7.27. The number of aromatic nitrogens is 2. The fourth-order valence-corrected chi connectivity index (χ4v) is 5.40. The first-order valence-corrected chi connectivity index (χ1v) is 12.2. The van der Waals surface area contributed by atoms with Crippen molar-refractivity contribution in [3.8, 4) is 11.8 Å². The van der Waals surface area contributed by atoms with Crippen LogP contribution >= 0.6 is 0 Å². The van der Waals surface area contributed by atoms with E-state index in [9.17, 15) is 9.59 Å². The number of hydrogen-bond donors (Lipinski definition) is 0. The van der Waals surface area contributed by atoms with Crippen molar-refractivity contribution in [3.63, 3.8) is 0 Å². The highest BCUT2D eigenvalue weighted by Gasteiger charge is 2.51. The Balaban J connectivity index is 1.40. The van der Waals surface area contributed by atoms with Crippen LogP contribution in [0.25, 0.3) is 0 Å². The minimum absolute atomic E-state index is 0.0363. The second-order valence-corrected chi connectivity index (χ2v) is 9.49. The molecule has 7 heteroatoms. The number of fused-ring (bicyclic) bond motifs is 1. The normalized spacial score (nSPS) is 22.3. The molecule has 2 fully saturated rings. The third-order valence-corrected chi connectivity index (χ3v) is 7.27. The average molecular weight is 471 g/mol. The lowest BCUT2D eigenvalue weighted by atomic mass is 9.84. The van der Waals surface area contributed by atoms with Gasteiger partial charge in [0.15, 0.2) is 0 Å². The summed E-state index contributed by atoms with van der Waals surface area (Å²) in [6, 6.07) is 19.2. The molecule has 3 heterocycles. The van der Waals surface area contributed by atoms with Crippen molar-refractivity contribution >= 4 is 11.8 Å². The van der Waals surface area contributed by atoms with Gasteiger partial charge in [0.25, 0.3) is 5.91 Å². The van der Waals surface area contributed by atoms with E-state index in [1.165, 1.54) is 0 Å². The van der Waals surface area contributed by atoms with Crippen molar-refractivity contribution in [2.75, 3.05) is 6.54 Å². The average Bonchev–Trinajstić information content (AvgIpc) is 3.21. The molecule has 1 aromatic heterocycles. The number of nitrogens with zero attached hydrogens (tertiary/aromatic N) is 4. The number of carbonyl (C=O) groups excluding carboxylic acids is 2. The minimum atomic E-state index is -0.408. The highest BCUT2D eigenvalue weighted by Crippen LogP contribution is 2.40. The lowest BCUT2D eigenvalue weighted by Gasteiger charge is -2.45. The molecule has 7 nitrogen and oxygen atoms in total. The molecule has 5 rings (SSSR count). The van der Waals surface area contributed by atoms with Gasteiger partial charge >= 0.3 is 6.01 Å². The van der Waals surface area contributed by atoms with E-state index in [4.69, 9.17) is 4.74 Å².